The molecule has 1 amide bonds. The first kappa shape index (κ1) is 14.5. The van der Waals surface area contributed by atoms with Crippen LogP contribution in [0.15, 0.2) is 24.3 Å². The third-order valence-corrected chi connectivity index (χ3v) is 3.72. The van der Waals surface area contributed by atoms with Crippen LogP contribution in [0.25, 0.3) is 0 Å². The molecule has 0 radical (unpaired) electrons. The summed E-state index contributed by atoms with van der Waals surface area (Å²) in [7, 11) is 0. The van der Waals surface area contributed by atoms with E-state index >= 15 is 0 Å². The summed E-state index contributed by atoms with van der Waals surface area (Å²) in [5.41, 5.74) is 0.388. The van der Waals surface area contributed by atoms with Crippen molar-refractivity contribution in [2.24, 2.45) is 0 Å². The molecule has 108 valence electrons. The molecule has 0 atom stereocenters. The van der Waals surface area contributed by atoms with Crippen molar-refractivity contribution in [2.45, 2.75) is 37.5 Å². The van der Waals surface area contributed by atoms with Crippen LogP contribution in [0.3, 0.4) is 0 Å². The molecule has 2 rings (SSSR count). The summed E-state index contributed by atoms with van der Waals surface area (Å²) < 4.78 is 13.8. The summed E-state index contributed by atoms with van der Waals surface area (Å²) >= 11 is 0. The highest BCUT2D eigenvalue weighted by Gasteiger charge is 2.45. The summed E-state index contributed by atoms with van der Waals surface area (Å²) in [5.74, 6) is -1.30. The molecular formula is C15H18FNO3. The lowest BCUT2D eigenvalue weighted by molar-refractivity contribution is -0.137. The summed E-state index contributed by atoms with van der Waals surface area (Å²) in [6.07, 6.45) is 2.24. The number of carboxylic acid groups (broad SMARTS) is 1. The highest BCUT2D eigenvalue weighted by Crippen LogP contribution is 2.48. The fraction of sp³-hybridized carbons (Fsp3) is 0.467. The van der Waals surface area contributed by atoms with Gasteiger partial charge in [0, 0.05) is 24.8 Å². The van der Waals surface area contributed by atoms with Gasteiger partial charge >= 0.3 is 5.97 Å². The van der Waals surface area contributed by atoms with Gasteiger partial charge in [-0.2, -0.15) is 0 Å². The van der Waals surface area contributed by atoms with Gasteiger partial charge in [0.15, 0.2) is 0 Å². The largest absolute Gasteiger partial charge is 0.481 e. The monoisotopic (exact) mass is 279 g/mol. The quantitative estimate of drug-likeness (QED) is 0.804. The smallest absolute Gasteiger partial charge is 0.303 e. The van der Waals surface area contributed by atoms with Crippen LogP contribution in [-0.2, 0) is 15.0 Å². The van der Waals surface area contributed by atoms with Crippen LogP contribution < -0.4 is 5.32 Å². The number of benzene rings is 1. The minimum Gasteiger partial charge on any atom is -0.481 e. The number of hydrogen-bond donors (Lipinski definition) is 2. The fourth-order valence-electron chi connectivity index (χ4n) is 2.34. The Kier molecular flexibility index (Phi) is 4.37. The van der Waals surface area contributed by atoms with E-state index in [0.29, 0.717) is 18.5 Å². The predicted molar refractivity (Wildman–Crippen MR) is 71.8 cm³/mol. The van der Waals surface area contributed by atoms with Crippen molar-refractivity contribution >= 4 is 11.9 Å². The van der Waals surface area contributed by atoms with Crippen LogP contribution in [0.4, 0.5) is 4.39 Å². The molecule has 20 heavy (non-hydrogen) atoms. The van der Waals surface area contributed by atoms with Gasteiger partial charge in [0.25, 0.3) is 0 Å². The standard InChI is InChI=1S/C15H18FNO3/c16-12-5-2-1-4-11(12)15(8-9-15)10-17-13(18)6-3-7-14(19)20/h1-2,4-5H,3,6-10H2,(H,17,18)(H,19,20). The van der Waals surface area contributed by atoms with E-state index in [1.807, 2.05) is 0 Å². The molecule has 1 aromatic carbocycles. The summed E-state index contributed by atoms with van der Waals surface area (Å²) in [6, 6.07) is 6.65. The molecule has 2 N–H and O–H groups in total. The van der Waals surface area contributed by atoms with Gasteiger partial charge in [-0.25, -0.2) is 4.39 Å². The van der Waals surface area contributed by atoms with Gasteiger partial charge in [-0.05, 0) is 30.9 Å². The third kappa shape index (κ3) is 3.56. The van der Waals surface area contributed by atoms with Crippen LogP contribution in [0.1, 0.15) is 37.7 Å². The maximum atomic E-state index is 13.8. The molecule has 0 saturated heterocycles. The van der Waals surface area contributed by atoms with E-state index in [1.165, 1.54) is 6.07 Å². The van der Waals surface area contributed by atoms with E-state index in [0.717, 1.165) is 12.8 Å². The summed E-state index contributed by atoms with van der Waals surface area (Å²) in [4.78, 5) is 22.0. The van der Waals surface area contributed by atoms with Crippen LogP contribution in [0.2, 0.25) is 0 Å². The second-order valence-electron chi connectivity index (χ2n) is 5.28. The molecule has 1 saturated carbocycles. The Morgan fingerprint density at radius 1 is 1.25 bits per heavy atom. The fourth-order valence-corrected chi connectivity index (χ4v) is 2.34. The van der Waals surface area contributed by atoms with Gasteiger partial charge < -0.3 is 10.4 Å². The molecule has 0 spiro atoms. The number of nitrogens with one attached hydrogen (secondary N) is 1. The minimum atomic E-state index is -0.900. The number of aliphatic carboxylic acids is 1. The predicted octanol–water partition coefficient (Wildman–Crippen LogP) is 2.23. The van der Waals surface area contributed by atoms with Gasteiger partial charge in [0.1, 0.15) is 5.82 Å². The lowest BCUT2D eigenvalue weighted by atomic mass is 9.95. The lowest BCUT2D eigenvalue weighted by Crippen LogP contribution is -2.32. The van der Waals surface area contributed by atoms with Crippen LogP contribution >= 0.6 is 0 Å². The Bertz CT molecular complexity index is 512. The van der Waals surface area contributed by atoms with E-state index in [1.54, 1.807) is 18.2 Å². The Morgan fingerprint density at radius 2 is 1.95 bits per heavy atom. The van der Waals surface area contributed by atoms with Crippen molar-refractivity contribution in [3.63, 3.8) is 0 Å². The van der Waals surface area contributed by atoms with E-state index < -0.39 is 5.97 Å². The SMILES string of the molecule is O=C(O)CCCC(=O)NCC1(c2ccccc2F)CC1. The molecular weight excluding hydrogens is 261 g/mol. The van der Waals surface area contributed by atoms with Gasteiger partial charge in [-0.1, -0.05) is 18.2 Å². The lowest BCUT2D eigenvalue weighted by Gasteiger charge is -2.17. The number of halogens is 1. The van der Waals surface area contributed by atoms with Crippen molar-refractivity contribution in [3.8, 4) is 0 Å². The van der Waals surface area contributed by atoms with Crippen molar-refractivity contribution in [1.29, 1.82) is 0 Å². The van der Waals surface area contributed by atoms with Gasteiger partial charge in [-0.15, -0.1) is 0 Å². The normalized spacial score (nSPS) is 15.7. The first-order valence-electron chi connectivity index (χ1n) is 6.77. The van der Waals surface area contributed by atoms with E-state index in [9.17, 15) is 14.0 Å². The van der Waals surface area contributed by atoms with Gasteiger partial charge in [-0.3, -0.25) is 9.59 Å². The number of carbonyl (C=O) groups excluding carboxylic acids is 1. The number of hydrogen-bond acceptors (Lipinski definition) is 2. The Morgan fingerprint density at radius 3 is 2.55 bits per heavy atom. The average molecular weight is 279 g/mol. The van der Waals surface area contributed by atoms with Crippen LogP contribution in [0, 0.1) is 5.82 Å². The number of carbonyl (C=O) groups is 2. The van der Waals surface area contributed by atoms with E-state index in [2.05, 4.69) is 5.32 Å². The maximum Gasteiger partial charge on any atom is 0.303 e. The molecule has 0 aliphatic heterocycles. The molecule has 1 fully saturated rings. The Balaban J connectivity index is 1.83. The third-order valence-electron chi connectivity index (χ3n) is 3.72. The number of amides is 1. The average Bonchev–Trinajstić information content (AvgIpc) is 3.17. The number of carboxylic acids is 1. The molecule has 0 heterocycles. The second kappa shape index (κ2) is 6.03. The number of rotatable bonds is 7. The van der Waals surface area contributed by atoms with Crippen LogP contribution in [-0.4, -0.2) is 23.5 Å². The Hall–Kier alpha value is -1.91. The molecule has 5 heteroatoms. The summed E-state index contributed by atoms with van der Waals surface area (Å²) in [6.45, 7) is 0.417. The second-order valence-corrected chi connectivity index (χ2v) is 5.28. The summed E-state index contributed by atoms with van der Waals surface area (Å²) in [5, 5.41) is 11.3. The zero-order valence-corrected chi connectivity index (χ0v) is 11.2. The van der Waals surface area contributed by atoms with Crippen molar-refractivity contribution in [2.75, 3.05) is 6.54 Å². The minimum absolute atomic E-state index is 0.00806. The molecule has 1 aromatic rings. The van der Waals surface area contributed by atoms with Crippen molar-refractivity contribution in [1.82, 2.24) is 5.32 Å². The first-order valence-corrected chi connectivity index (χ1v) is 6.77. The van der Waals surface area contributed by atoms with E-state index in [-0.39, 0.29) is 30.0 Å². The first-order chi connectivity index (χ1) is 9.53. The molecule has 1 aliphatic carbocycles. The van der Waals surface area contributed by atoms with Crippen LogP contribution in [0.5, 0.6) is 0 Å². The highest BCUT2D eigenvalue weighted by molar-refractivity contribution is 5.77. The van der Waals surface area contributed by atoms with Crippen molar-refractivity contribution in [3.05, 3.63) is 35.6 Å². The molecule has 1 aliphatic rings. The molecule has 0 unspecified atom stereocenters. The highest BCUT2D eigenvalue weighted by atomic mass is 19.1. The van der Waals surface area contributed by atoms with Gasteiger partial charge in [0.2, 0.25) is 5.91 Å². The molecule has 4 nitrogen and oxygen atoms in total. The van der Waals surface area contributed by atoms with Gasteiger partial charge in [0.05, 0.1) is 0 Å². The maximum absolute atomic E-state index is 13.8. The van der Waals surface area contributed by atoms with E-state index in [4.69, 9.17) is 5.11 Å². The van der Waals surface area contributed by atoms with Crippen molar-refractivity contribution < 1.29 is 19.1 Å². The Labute approximate surface area is 117 Å². The zero-order valence-electron chi connectivity index (χ0n) is 11.2. The zero-order chi connectivity index (χ0) is 14.6. The molecule has 0 aromatic heterocycles. The molecule has 0 bridgehead atoms. The topological polar surface area (TPSA) is 66.4 Å².